The lowest BCUT2D eigenvalue weighted by molar-refractivity contribution is -0.145. The Bertz CT molecular complexity index is 884. The fraction of sp³-hybridized carbons (Fsp3) is 0.200. The van der Waals surface area contributed by atoms with Crippen LogP contribution in [0.5, 0.6) is 11.8 Å². The molecule has 0 amide bonds. The summed E-state index contributed by atoms with van der Waals surface area (Å²) < 4.78 is 5.36. The van der Waals surface area contributed by atoms with Crippen molar-refractivity contribution < 1.29 is 24.5 Å². The molecule has 9 heteroatoms. The minimum Gasteiger partial charge on any atom is -0.494 e. The third-order valence-corrected chi connectivity index (χ3v) is 4.31. The summed E-state index contributed by atoms with van der Waals surface area (Å²) in [6, 6.07) is 2.61. The molecule has 0 radical (unpaired) electrons. The van der Waals surface area contributed by atoms with Crippen LogP contribution in [0, 0.1) is 0 Å². The SMILES string of the molecule is O=C(O)C1(Cc2cnc[nH]2)NC(c2ccco2)c2c(O)[nH]c(O)c21. The molecule has 3 aromatic rings. The van der Waals surface area contributed by atoms with Gasteiger partial charge in [-0.1, -0.05) is 0 Å². The molecule has 2 atom stereocenters. The first-order valence-electron chi connectivity index (χ1n) is 7.19. The van der Waals surface area contributed by atoms with Crippen LogP contribution in [-0.4, -0.2) is 36.2 Å². The molecule has 0 fully saturated rings. The van der Waals surface area contributed by atoms with Crippen LogP contribution in [0.1, 0.15) is 28.6 Å². The van der Waals surface area contributed by atoms with E-state index in [4.69, 9.17) is 4.42 Å². The van der Waals surface area contributed by atoms with Crippen LogP contribution in [0.3, 0.4) is 0 Å². The van der Waals surface area contributed by atoms with E-state index in [1.54, 1.807) is 12.1 Å². The summed E-state index contributed by atoms with van der Waals surface area (Å²) in [5.41, 5.74) is -0.746. The van der Waals surface area contributed by atoms with Gasteiger partial charge in [0.1, 0.15) is 5.76 Å². The van der Waals surface area contributed by atoms with Gasteiger partial charge in [0.15, 0.2) is 17.3 Å². The lowest BCUT2D eigenvalue weighted by Crippen LogP contribution is -2.48. The molecular weight excluding hydrogens is 316 g/mol. The number of rotatable bonds is 4. The normalized spacial score (nSPS) is 22.6. The first-order chi connectivity index (χ1) is 11.5. The summed E-state index contributed by atoms with van der Waals surface area (Å²) in [5.74, 6) is -1.46. The van der Waals surface area contributed by atoms with Crippen molar-refractivity contribution in [3.63, 3.8) is 0 Å². The van der Waals surface area contributed by atoms with Gasteiger partial charge in [-0.15, -0.1) is 0 Å². The largest absolute Gasteiger partial charge is 0.494 e. The minimum absolute atomic E-state index is 0.00258. The van der Waals surface area contributed by atoms with Crippen LogP contribution in [0.4, 0.5) is 0 Å². The highest BCUT2D eigenvalue weighted by atomic mass is 16.4. The molecular formula is C15H14N4O5. The number of nitrogens with zero attached hydrogens (tertiary/aromatic N) is 1. The second-order valence-electron chi connectivity index (χ2n) is 5.67. The maximum atomic E-state index is 12.2. The molecule has 1 aliphatic rings. The Morgan fingerprint density at radius 1 is 1.38 bits per heavy atom. The summed E-state index contributed by atoms with van der Waals surface area (Å²) in [6.07, 6.45) is 4.41. The van der Waals surface area contributed by atoms with Crippen molar-refractivity contribution in [2.75, 3.05) is 0 Å². The molecule has 1 aliphatic heterocycles. The molecule has 0 spiro atoms. The second-order valence-corrected chi connectivity index (χ2v) is 5.67. The molecule has 3 aromatic heterocycles. The van der Waals surface area contributed by atoms with Gasteiger partial charge in [-0.05, 0) is 12.1 Å². The number of carboxylic acid groups (broad SMARTS) is 1. The van der Waals surface area contributed by atoms with Crippen molar-refractivity contribution >= 4 is 5.97 Å². The quantitative estimate of drug-likeness (QED) is 0.417. The number of H-pyrrole nitrogens is 2. The van der Waals surface area contributed by atoms with Crippen LogP contribution >= 0.6 is 0 Å². The van der Waals surface area contributed by atoms with Crippen molar-refractivity contribution in [2.45, 2.75) is 18.0 Å². The molecule has 0 saturated heterocycles. The second kappa shape index (κ2) is 4.90. The third kappa shape index (κ3) is 1.85. The molecule has 9 nitrogen and oxygen atoms in total. The number of furan rings is 1. The molecule has 6 N–H and O–H groups in total. The molecule has 0 bridgehead atoms. The van der Waals surface area contributed by atoms with Gasteiger partial charge in [0.2, 0.25) is 0 Å². The number of nitrogens with one attached hydrogen (secondary N) is 3. The number of aliphatic carboxylic acids is 1. The third-order valence-electron chi connectivity index (χ3n) is 4.31. The van der Waals surface area contributed by atoms with Crippen molar-refractivity contribution in [1.29, 1.82) is 0 Å². The Labute approximate surface area is 135 Å². The van der Waals surface area contributed by atoms with E-state index in [2.05, 4.69) is 20.3 Å². The Hall–Kier alpha value is -3.20. The standard InChI is InChI=1S/C15H14N4O5/c20-12-9-10(13(21)18-12)15(14(22)23,4-7-5-16-6-17-7)19-11(9)8-2-1-3-24-8/h1-3,5-6,11,18-21H,4H2,(H,16,17)(H,22,23). The lowest BCUT2D eigenvalue weighted by Gasteiger charge is -2.26. The molecule has 124 valence electrons. The number of carbonyl (C=O) groups is 1. The number of imidazole rings is 1. The number of aromatic nitrogens is 3. The highest BCUT2D eigenvalue weighted by Crippen LogP contribution is 2.50. The molecule has 0 aromatic carbocycles. The van der Waals surface area contributed by atoms with Crippen molar-refractivity contribution in [1.82, 2.24) is 20.3 Å². The van der Waals surface area contributed by atoms with Crippen LogP contribution in [0.15, 0.2) is 35.3 Å². The number of fused-ring (bicyclic) bond motifs is 1. The van der Waals surface area contributed by atoms with E-state index in [0.717, 1.165) is 0 Å². The Balaban J connectivity index is 1.91. The predicted molar refractivity (Wildman–Crippen MR) is 79.4 cm³/mol. The van der Waals surface area contributed by atoms with Crippen LogP contribution in [0.25, 0.3) is 0 Å². The predicted octanol–water partition coefficient (Wildman–Crippen LogP) is 0.957. The zero-order chi connectivity index (χ0) is 16.9. The molecule has 0 saturated carbocycles. The number of hydrogen-bond donors (Lipinski definition) is 6. The van der Waals surface area contributed by atoms with Crippen molar-refractivity contribution in [3.8, 4) is 11.8 Å². The molecule has 24 heavy (non-hydrogen) atoms. The smallest absolute Gasteiger partial charge is 0.329 e. The summed E-state index contributed by atoms with van der Waals surface area (Å²) in [6.45, 7) is 0. The van der Waals surface area contributed by atoms with Crippen molar-refractivity contribution in [2.24, 2.45) is 0 Å². The topological polar surface area (TPSA) is 147 Å². The monoisotopic (exact) mass is 330 g/mol. The lowest BCUT2D eigenvalue weighted by atomic mass is 9.87. The van der Waals surface area contributed by atoms with E-state index in [9.17, 15) is 20.1 Å². The summed E-state index contributed by atoms with van der Waals surface area (Å²) in [5, 5.41) is 33.3. The number of aromatic amines is 2. The molecule has 4 rings (SSSR count). The Kier molecular flexibility index (Phi) is 2.94. The Morgan fingerprint density at radius 2 is 2.21 bits per heavy atom. The van der Waals surface area contributed by atoms with Gasteiger partial charge >= 0.3 is 5.97 Å². The Morgan fingerprint density at radius 3 is 2.83 bits per heavy atom. The van der Waals surface area contributed by atoms with E-state index < -0.39 is 23.4 Å². The molecule has 2 unspecified atom stereocenters. The van der Waals surface area contributed by atoms with Crippen LogP contribution in [0.2, 0.25) is 0 Å². The highest BCUT2D eigenvalue weighted by Gasteiger charge is 2.55. The van der Waals surface area contributed by atoms with E-state index in [1.807, 2.05) is 0 Å². The fourth-order valence-electron chi connectivity index (χ4n) is 3.31. The van der Waals surface area contributed by atoms with Gasteiger partial charge in [-0.3, -0.25) is 10.3 Å². The van der Waals surface area contributed by atoms with Gasteiger partial charge < -0.3 is 24.7 Å². The van der Waals surface area contributed by atoms with Gasteiger partial charge in [0.05, 0.1) is 24.2 Å². The number of hydrogen-bond acceptors (Lipinski definition) is 6. The van der Waals surface area contributed by atoms with Gasteiger partial charge in [0.25, 0.3) is 0 Å². The van der Waals surface area contributed by atoms with Gasteiger partial charge in [0, 0.05) is 23.9 Å². The summed E-state index contributed by atoms with van der Waals surface area (Å²) in [7, 11) is 0. The number of aromatic hydroxyl groups is 2. The van der Waals surface area contributed by atoms with E-state index in [1.165, 1.54) is 18.8 Å². The van der Waals surface area contributed by atoms with E-state index >= 15 is 0 Å². The zero-order valence-electron chi connectivity index (χ0n) is 12.3. The van der Waals surface area contributed by atoms with Crippen LogP contribution < -0.4 is 5.32 Å². The average Bonchev–Trinajstić information content (AvgIpc) is 3.29. The van der Waals surface area contributed by atoms with E-state index in [-0.39, 0.29) is 23.4 Å². The van der Waals surface area contributed by atoms with Crippen LogP contribution in [-0.2, 0) is 16.8 Å². The molecule has 0 aliphatic carbocycles. The first kappa shape index (κ1) is 14.4. The summed E-state index contributed by atoms with van der Waals surface area (Å²) >= 11 is 0. The zero-order valence-corrected chi connectivity index (χ0v) is 12.3. The maximum absolute atomic E-state index is 12.2. The number of carboxylic acids is 1. The minimum atomic E-state index is -1.65. The van der Waals surface area contributed by atoms with Gasteiger partial charge in [-0.2, -0.15) is 0 Å². The fourth-order valence-corrected chi connectivity index (χ4v) is 3.31. The summed E-state index contributed by atoms with van der Waals surface area (Å²) in [4.78, 5) is 21.3. The maximum Gasteiger partial charge on any atom is 0.329 e. The molecule has 4 heterocycles. The van der Waals surface area contributed by atoms with E-state index in [0.29, 0.717) is 11.5 Å². The van der Waals surface area contributed by atoms with Crippen molar-refractivity contribution in [3.05, 3.63) is 53.5 Å². The first-order valence-corrected chi connectivity index (χ1v) is 7.19. The average molecular weight is 330 g/mol. The highest BCUT2D eigenvalue weighted by molar-refractivity contribution is 5.85. The van der Waals surface area contributed by atoms with Gasteiger partial charge in [-0.25, -0.2) is 9.78 Å².